The molecular weight excluding hydrogens is 462 g/mol. The molecule has 178 valence electrons. The second-order valence-corrected chi connectivity index (χ2v) is 7.60. The molecule has 3 rings (SSSR count). The molecule has 0 unspecified atom stereocenters. The van der Waals surface area contributed by atoms with Crippen LogP contribution in [0.5, 0.6) is 0 Å². The quantitative estimate of drug-likeness (QED) is 0.442. The van der Waals surface area contributed by atoms with Crippen molar-refractivity contribution in [3.05, 3.63) is 99.6 Å². The second-order valence-electron chi connectivity index (χ2n) is 7.60. The maximum atomic E-state index is 13.1. The van der Waals surface area contributed by atoms with Crippen molar-refractivity contribution in [2.24, 2.45) is 5.73 Å². The Morgan fingerprint density at radius 3 is 1.85 bits per heavy atom. The zero-order chi connectivity index (χ0) is 25.3. The SMILES string of the molecule is Cc1cc(Cc2cc(C(F)(F)F)cc(C(F)(F)F)c2)ccc1NC(=O)c1ccccc1C(N)=O. The van der Waals surface area contributed by atoms with Gasteiger partial charge in [-0.1, -0.05) is 24.3 Å². The van der Waals surface area contributed by atoms with Gasteiger partial charge >= 0.3 is 12.4 Å². The van der Waals surface area contributed by atoms with Crippen LogP contribution in [0.25, 0.3) is 0 Å². The Balaban J connectivity index is 1.86. The first kappa shape index (κ1) is 24.8. The van der Waals surface area contributed by atoms with E-state index in [0.717, 1.165) is 0 Å². The molecule has 0 aliphatic heterocycles. The van der Waals surface area contributed by atoms with Gasteiger partial charge in [0.1, 0.15) is 0 Å². The number of carbonyl (C=O) groups is 2. The molecular formula is C24H18F6N2O2. The summed E-state index contributed by atoms with van der Waals surface area (Å²) in [6.07, 6.45) is -10.0. The number of nitrogens with two attached hydrogens (primary N) is 1. The Labute approximate surface area is 190 Å². The molecule has 0 radical (unpaired) electrons. The summed E-state index contributed by atoms with van der Waals surface area (Å²) >= 11 is 0. The highest BCUT2D eigenvalue weighted by Crippen LogP contribution is 2.37. The fourth-order valence-electron chi connectivity index (χ4n) is 3.42. The summed E-state index contributed by atoms with van der Waals surface area (Å²) < 4.78 is 78.6. The minimum Gasteiger partial charge on any atom is -0.366 e. The van der Waals surface area contributed by atoms with Crippen molar-refractivity contribution in [1.29, 1.82) is 0 Å². The highest BCUT2D eigenvalue weighted by atomic mass is 19.4. The van der Waals surface area contributed by atoms with Gasteiger partial charge in [-0.05, 0) is 66.4 Å². The zero-order valence-corrected chi connectivity index (χ0v) is 17.6. The van der Waals surface area contributed by atoms with E-state index in [1.807, 2.05) is 0 Å². The van der Waals surface area contributed by atoms with Crippen molar-refractivity contribution in [3.63, 3.8) is 0 Å². The van der Waals surface area contributed by atoms with E-state index < -0.39 is 35.3 Å². The van der Waals surface area contributed by atoms with E-state index in [1.165, 1.54) is 24.3 Å². The van der Waals surface area contributed by atoms with Gasteiger partial charge in [0, 0.05) is 5.69 Å². The highest BCUT2D eigenvalue weighted by molar-refractivity contribution is 6.12. The molecule has 0 spiro atoms. The van der Waals surface area contributed by atoms with E-state index in [-0.39, 0.29) is 29.2 Å². The van der Waals surface area contributed by atoms with Crippen molar-refractivity contribution in [1.82, 2.24) is 0 Å². The molecule has 0 bridgehead atoms. The third-order valence-electron chi connectivity index (χ3n) is 5.03. The smallest absolute Gasteiger partial charge is 0.366 e. The van der Waals surface area contributed by atoms with Crippen LogP contribution >= 0.6 is 0 Å². The van der Waals surface area contributed by atoms with Gasteiger partial charge in [0.15, 0.2) is 0 Å². The molecule has 2 amide bonds. The number of alkyl halides is 6. The molecule has 4 nitrogen and oxygen atoms in total. The molecule has 3 aromatic rings. The minimum absolute atomic E-state index is 0.0271. The van der Waals surface area contributed by atoms with E-state index >= 15 is 0 Å². The fraction of sp³-hybridized carbons (Fsp3) is 0.167. The van der Waals surface area contributed by atoms with Crippen molar-refractivity contribution in [3.8, 4) is 0 Å². The van der Waals surface area contributed by atoms with Gasteiger partial charge in [-0.25, -0.2) is 0 Å². The monoisotopic (exact) mass is 480 g/mol. The molecule has 34 heavy (non-hydrogen) atoms. The van der Waals surface area contributed by atoms with E-state index in [0.29, 0.717) is 28.9 Å². The van der Waals surface area contributed by atoms with Crippen molar-refractivity contribution in [2.75, 3.05) is 5.32 Å². The Kier molecular flexibility index (Phi) is 6.72. The first-order valence-electron chi connectivity index (χ1n) is 9.84. The minimum atomic E-state index is -4.93. The molecule has 10 heteroatoms. The largest absolute Gasteiger partial charge is 0.416 e. The summed E-state index contributed by atoms with van der Waals surface area (Å²) in [7, 11) is 0. The van der Waals surface area contributed by atoms with Gasteiger partial charge in [0.05, 0.1) is 22.3 Å². The second kappa shape index (κ2) is 9.20. The number of rotatable bonds is 5. The summed E-state index contributed by atoms with van der Waals surface area (Å²) in [5, 5.41) is 2.63. The number of halogens is 6. The van der Waals surface area contributed by atoms with Gasteiger partial charge in [0.25, 0.3) is 5.91 Å². The van der Waals surface area contributed by atoms with Crippen molar-refractivity contribution in [2.45, 2.75) is 25.7 Å². The third kappa shape index (κ3) is 5.75. The predicted molar refractivity (Wildman–Crippen MR) is 113 cm³/mol. The summed E-state index contributed by atoms with van der Waals surface area (Å²) in [4.78, 5) is 24.1. The Hall–Kier alpha value is -3.82. The molecule has 3 aromatic carbocycles. The van der Waals surface area contributed by atoms with Gasteiger partial charge < -0.3 is 11.1 Å². The van der Waals surface area contributed by atoms with Gasteiger partial charge in [0.2, 0.25) is 5.91 Å². The molecule has 0 aliphatic rings. The number of nitrogens with one attached hydrogen (secondary N) is 1. The molecule has 0 atom stereocenters. The average molecular weight is 480 g/mol. The first-order valence-corrected chi connectivity index (χ1v) is 9.84. The van der Waals surface area contributed by atoms with Crippen LogP contribution in [0.2, 0.25) is 0 Å². The van der Waals surface area contributed by atoms with Crippen molar-refractivity contribution < 1.29 is 35.9 Å². The van der Waals surface area contributed by atoms with Gasteiger partial charge in [-0.3, -0.25) is 9.59 Å². The predicted octanol–water partition coefficient (Wildman–Crippen LogP) is 5.97. The number of hydrogen-bond donors (Lipinski definition) is 2. The normalized spacial score (nSPS) is 11.9. The number of aryl methyl sites for hydroxylation is 1. The van der Waals surface area contributed by atoms with Gasteiger partial charge in [-0.2, -0.15) is 26.3 Å². The summed E-state index contributed by atoms with van der Waals surface area (Å²) in [6.45, 7) is 1.62. The van der Waals surface area contributed by atoms with Crippen LogP contribution in [0, 0.1) is 6.92 Å². The standard InChI is InChI=1S/C24H18F6N2O2/c1-13-8-14(9-15-10-16(23(25,26)27)12-17(11-15)24(28,29)30)6-7-20(13)32-22(34)19-5-3-2-4-18(19)21(31)33/h2-8,10-12H,9H2,1H3,(H2,31,33)(H,32,34). The van der Waals surface area contributed by atoms with Crippen LogP contribution in [-0.4, -0.2) is 11.8 Å². The Bertz CT molecular complexity index is 1220. The molecule has 0 saturated carbocycles. The molecule has 3 N–H and O–H groups in total. The lowest BCUT2D eigenvalue weighted by Crippen LogP contribution is -2.20. The highest BCUT2D eigenvalue weighted by Gasteiger charge is 2.36. The van der Waals surface area contributed by atoms with E-state index in [2.05, 4.69) is 5.32 Å². The first-order chi connectivity index (χ1) is 15.8. The summed E-state index contributed by atoms with van der Waals surface area (Å²) in [5.74, 6) is -1.38. The maximum Gasteiger partial charge on any atom is 0.416 e. The number of benzene rings is 3. The van der Waals surface area contributed by atoms with Gasteiger partial charge in [-0.15, -0.1) is 0 Å². The third-order valence-corrected chi connectivity index (χ3v) is 5.03. The maximum absolute atomic E-state index is 13.1. The van der Waals surface area contributed by atoms with E-state index in [1.54, 1.807) is 25.1 Å². The van der Waals surface area contributed by atoms with E-state index in [4.69, 9.17) is 5.73 Å². The lowest BCUT2D eigenvalue weighted by atomic mass is 9.98. The van der Waals surface area contributed by atoms with Crippen LogP contribution in [0.1, 0.15) is 48.5 Å². The Morgan fingerprint density at radius 2 is 1.35 bits per heavy atom. The molecule has 0 saturated heterocycles. The summed E-state index contributed by atoms with van der Waals surface area (Å²) in [5.41, 5.74) is 3.76. The zero-order valence-electron chi connectivity index (χ0n) is 17.6. The lowest BCUT2D eigenvalue weighted by Gasteiger charge is -2.15. The van der Waals surface area contributed by atoms with Crippen molar-refractivity contribution >= 4 is 17.5 Å². The van der Waals surface area contributed by atoms with Crippen LogP contribution in [0.3, 0.4) is 0 Å². The molecule has 0 heterocycles. The number of carbonyl (C=O) groups excluding carboxylic acids is 2. The number of hydrogen-bond acceptors (Lipinski definition) is 2. The topological polar surface area (TPSA) is 72.2 Å². The average Bonchev–Trinajstić information content (AvgIpc) is 2.74. The van der Waals surface area contributed by atoms with E-state index in [9.17, 15) is 35.9 Å². The lowest BCUT2D eigenvalue weighted by molar-refractivity contribution is -0.143. The number of primary amides is 1. The van der Waals surface area contributed by atoms with Crippen LogP contribution in [0.4, 0.5) is 32.0 Å². The molecule has 0 fully saturated rings. The Morgan fingerprint density at radius 1 is 0.794 bits per heavy atom. The fourth-order valence-corrected chi connectivity index (χ4v) is 3.42. The summed E-state index contributed by atoms with van der Waals surface area (Å²) in [6, 6.07) is 11.9. The molecule has 0 aromatic heterocycles. The van der Waals surface area contributed by atoms with Crippen LogP contribution < -0.4 is 11.1 Å². The van der Waals surface area contributed by atoms with Crippen LogP contribution in [-0.2, 0) is 18.8 Å². The van der Waals surface area contributed by atoms with Crippen LogP contribution in [0.15, 0.2) is 60.7 Å². The number of amides is 2. The molecule has 0 aliphatic carbocycles. The number of anilines is 1.